The van der Waals surface area contributed by atoms with Crippen molar-refractivity contribution in [2.24, 2.45) is 0 Å². The zero-order valence-corrected chi connectivity index (χ0v) is 11.1. The number of hydrogen-bond acceptors (Lipinski definition) is 0. The summed E-state index contributed by atoms with van der Waals surface area (Å²) in [7, 11) is 0. The van der Waals surface area contributed by atoms with Gasteiger partial charge in [0.1, 0.15) is 0 Å². The largest absolute Gasteiger partial charge is 0.0689 e. The summed E-state index contributed by atoms with van der Waals surface area (Å²) in [4.78, 5) is 0. The molecule has 0 atom stereocenters. The van der Waals surface area contributed by atoms with Crippen molar-refractivity contribution in [3.63, 3.8) is 0 Å². The zero-order valence-electron chi connectivity index (χ0n) is 11.1. The normalized spacial score (nSPS) is 15.1. The highest BCUT2D eigenvalue weighted by Crippen LogP contribution is 2.39. The van der Waals surface area contributed by atoms with E-state index in [1.807, 2.05) is 0 Å². The van der Waals surface area contributed by atoms with E-state index < -0.39 is 0 Å². The van der Waals surface area contributed by atoms with E-state index in [9.17, 15) is 0 Å². The highest BCUT2D eigenvalue weighted by Gasteiger charge is 2.28. The predicted molar refractivity (Wildman–Crippen MR) is 75.1 cm³/mol. The fraction of sp³-hybridized carbons (Fsp3) is 0.294. The summed E-state index contributed by atoms with van der Waals surface area (Å²) in [5.74, 6) is 0. The van der Waals surface area contributed by atoms with E-state index in [0.717, 1.165) is 0 Å². The molecule has 0 unspecified atom stereocenters. The van der Waals surface area contributed by atoms with Crippen LogP contribution < -0.4 is 0 Å². The van der Waals surface area contributed by atoms with Crippen LogP contribution in [0.1, 0.15) is 33.3 Å². The lowest BCUT2D eigenvalue weighted by Gasteiger charge is -2.29. The Kier molecular flexibility index (Phi) is 3.06. The van der Waals surface area contributed by atoms with Gasteiger partial charge in [-0.1, -0.05) is 68.0 Å². The Morgan fingerprint density at radius 1 is 1.00 bits per heavy atom. The van der Waals surface area contributed by atoms with E-state index in [0.29, 0.717) is 0 Å². The van der Waals surface area contributed by atoms with Gasteiger partial charge >= 0.3 is 0 Å². The standard InChI is InChI=1S/C17H20/c1-13(2)15-11-8-12-16(15)17(3,4)14-9-6-5-7-10-14/h5-12H,1-4H3. The Balaban J connectivity index is 2.45. The third-order valence-corrected chi connectivity index (χ3v) is 3.52. The summed E-state index contributed by atoms with van der Waals surface area (Å²) in [6.07, 6.45) is 6.62. The molecule has 0 aliphatic heterocycles. The third-order valence-electron chi connectivity index (χ3n) is 3.52. The fourth-order valence-corrected chi connectivity index (χ4v) is 2.41. The number of allylic oxidation sites excluding steroid dienone is 6. The van der Waals surface area contributed by atoms with Gasteiger partial charge in [0.15, 0.2) is 0 Å². The molecule has 0 heteroatoms. The van der Waals surface area contributed by atoms with Crippen LogP contribution >= 0.6 is 0 Å². The minimum atomic E-state index is 0.0668. The van der Waals surface area contributed by atoms with Crippen molar-refractivity contribution in [3.05, 3.63) is 70.8 Å². The van der Waals surface area contributed by atoms with Gasteiger partial charge in [-0.3, -0.25) is 0 Å². The van der Waals surface area contributed by atoms with Crippen molar-refractivity contribution in [2.45, 2.75) is 33.1 Å². The van der Waals surface area contributed by atoms with Gasteiger partial charge in [-0.15, -0.1) is 0 Å². The van der Waals surface area contributed by atoms with E-state index >= 15 is 0 Å². The van der Waals surface area contributed by atoms with Gasteiger partial charge < -0.3 is 0 Å². The Hall–Kier alpha value is -1.56. The first-order valence-electron chi connectivity index (χ1n) is 6.15. The van der Waals surface area contributed by atoms with Gasteiger partial charge in [0.05, 0.1) is 0 Å². The van der Waals surface area contributed by atoms with Crippen LogP contribution in [0.15, 0.2) is 65.3 Å². The maximum Gasteiger partial charge on any atom is 0.0152 e. The lowest BCUT2D eigenvalue weighted by Crippen LogP contribution is -2.20. The summed E-state index contributed by atoms with van der Waals surface area (Å²) in [5, 5.41) is 0. The summed E-state index contributed by atoms with van der Waals surface area (Å²) >= 11 is 0. The minimum Gasteiger partial charge on any atom is -0.0689 e. The molecule has 0 saturated carbocycles. The second kappa shape index (κ2) is 4.37. The molecule has 88 valence electrons. The van der Waals surface area contributed by atoms with Gasteiger partial charge in [0.25, 0.3) is 0 Å². The molecule has 17 heavy (non-hydrogen) atoms. The van der Waals surface area contributed by atoms with Crippen molar-refractivity contribution in [1.29, 1.82) is 0 Å². The second-order valence-electron chi connectivity index (χ2n) is 5.34. The maximum absolute atomic E-state index is 2.30. The molecular weight excluding hydrogens is 204 g/mol. The molecule has 0 nitrogen and oxygen atoms in total. The Bertz CT molecular complexity index is 492. The summed E-state index contributed by atoms with van der Waals surface area (Å²) < 4.78 is 0. The Morgan fingerprint density at radius 3 is 2.24 bits per heavy atom. The Morgan fingerprint density at radius 2 is 1.65 bits per heavy atom. The first-order chi connectivity index (χ1) is 8.03. The molecule has 0 spiro atoms. The van der Waals surface area contributed by atoms with E-state index in [-0.39, 0.29) is 5.41 Å². The molecule has 1 aliphatic carbocycles. The van der Waals surface area contributed by atoms with Crippen LogP contribution in [0.5, 0.6) is 0 Å². The molecule has 2 rings (SSSR count). The van der Waals surface area contributed by atoms with E-state index in [4.69, 9.17) is 0 Å². The number of hydrogen-bond donors (Lipinski definition) is 0. The van der Waals surface area contributed by atoms with Crippen LogP contribution in [0.4, 0.5) is 0 Å². The average Bonchev–Trinajstić information content (AvgIpc) is 2.80. The van der Waals surface area contributed by atoms with E-state index in [1.54, 1.807) is 0 Å². The quantitative estimate of drug-likeness (QED) is 0.677. The molecule has 0 heterocycles. The van der Waals surface area contributed by atoms with Crippen LogP contribution in [-0.2, 0) is 5.41 Å². The number of rotatable bonds is 2. The molecule has 0 radical (unpaired) electrons. The molecule has 1 aliphatic rings. The second-order valence-corrected chi connectivity index (χ2v) is 5.34. The van der Waals surface area contributed by atoms with E-state index in [1.165, 1.54) is 22.3 Å². The highest BCUT2D eigenvalue weighted by molar-refractivity contribution is 5.57. The molecule has 1 aromatic carbocycles. The van der Waals surface area contributed by atoms with E-state index in [2.05, 4.69) is 76.3 Å². The molecule has 1 aromatic rings. The maximum atomic E-state index is 2.30. The zero-order chi connectivity index (χ0) is 12.5. The monoisotopic (exact) mass is 224 g/mol. The van der Waals surface area contributed by atoms with Crippen molar-refractivity contribution < 1.29 is 0 Å². The predicted octanol–water partition coefficient (Wildman–Crippen LogP) is 4.80. The van der Waals surface area contributed by atoms with Gasteiger partial charge in [0, 0.05) is 5.41 Å². The average molecular weight is 224 g/mol. The summed E-state index contributed by atoms with van der Waals surface area (Å²) in [6, 6.07) is 10.7. The molecule has 0 bridgehead atoms. The Labute approximate surface area is 104 Å². The SMILES string of the molecule is CC(C)=C1C=CC=C1C(C)(C)c1ccccc1. The van der Waals surface area contributed by atoms with Crippen LogP contribution in [0.2, 0.25) is 0 Å². The molecule has 0 fully saturated rings. The summed E-state index contributed by atoms with van der Waals surface area (Å²) in [5.41, 5.74) is 5.63. The third kappa shape index (κ3) is 2.12. The number of benzene rings is 1. The van der Waals surface area contributed by atoms with Crippen LogP contribution in [0.3, 0.4) is 0 Å². The van der Waals surface area contributed by atoms with Crippen molar-refractivity contribution in [3.8, 4) is 0 Å². The molecule has 0 saturated heterocycles. The minimum absolute atomic E-state index is 0.0668. The summed E-state index contributed by atoms with van der Waals surface area (Å²) in [6.45, 7) is 8.95. The molecule has 0 amide bonds. The highest BCUT2D eigenvalue weighted by atomic mass is 14.3. The van der Waals surface area contributed by atoms with Crippen molar-refractivity contribution in [1.82, 2.24) is 0 Å². The molecular formula is C17H20. The van der Waals surface area contributed by atoms with Gasteiger partial charge in [-0.25, -0.2) is 0 Å². The van der Waals surface area contributed by atoms with Crippen LogP contribution in [-0.4, -0.2) is 0 Å². The van der Waals surface area contributed by atoms with Crippen molar-refractivity contribution >= 4 is 0 Å². The van der Waals surface area contributed by atoms with Crippen LogP contribution in [0, 0.1) is 0 Å². The lowest BCUT2D eigenvalue weighted by atomic mass is 9.75. The fourth-order valence-electron chi connectivity index (χ4n) is 2.41. The molecule has 0 N–H and O–H groups in total. The smallest absolute Gasteiger partial charge is 0.0152 e. The first kappa shape index (κ1) is 11.9. The van der Waals surface area contributed by atoms with Crippen LogP contribution in [0.25, 0.3) is 0 Å². The van der Waals surface area contributed by atoms with Gasteiger partial charge in [-0.05, 0) is 30.6 Å². The van der Waals surface area contributed by atoms with Gasteiger partial charge in [0.2, 0.25) is 0 Å². The van der Waals surface area contributed by atoms with Crippen molar-refractivity contribution in [2.75, 3.05) is 0 Å². The van der Waals surface area contributed by atoms with Gasteiger partial charge in [-0.2, -0.15) is 0 Å². The first-order valence-corrected chi connectivity index (χ1v) is 6.15. The molecule has 0 aromatic heterocycles. The topological polar surface area (TPSA) is 0 Å². The lowest BCUT2D eigenvalue weighted by molar-refractivity contribution is 0.634.